The molecule has 0 fully saturated rings. The van der Waals surface area contributed by atoms with Crippen molar-refractivity contribution in [2.24, 2.45) is 0 Å². The van der Waals surface area contributed by atoms with Crippen LogP contribution in [0.1, 0.15) is 35.1 Å². The van der Waals surface area contributed by atoms with E-state index in [2.05, 4.69) is 53.8 Å². The zero-order valence-corrected chi connectivity index (χ0v) is 20.0. The highest BCUT2D eigenvalue weighted by atomic mass is 16.5. The van der Waals surface area contributed by atoms with E-state index in [0.717, 1.165) is 17.7 Å². The first-order valence-corrected chi connectivity index (χ1v) is 11.9. The number of hydrogen-bond donors (Lipinski definition) is 1. The summed E-state index contributed by atoms with van der Waals surface area (Å²) in [7, 11) is 3.32. The summed E-state index contributed by atoms with van der Waals surface area (Å²) in [5.74, 6) is 0.779. The molecule has 3 amide bonds. The Labute approximate surface area is 205 Å². The maximum atomic E-state index is 13.7. The van der Waals surface area contributed by atoms with Gasteiger partial charge in [-0.1, -0.05) is 78.9 Å². The molecule has 5 rings (SSSR count). The van der Waals surface area contributed by atoms with Gasteiger partial charge in [-0.15, -0.1) is 0 Å². The molecule has 0 radical (unpaired) electrons. The molecule has 0 aliphatic carbocycles. The lowest BCUT2D eigenvalue weighted by Gasteiger charge is -2.31. The average molecular weight is 468 g/mol. The molecule has 0 saturated carbocycles. The first kappa shape index (κ1) is 22.7. The van der Waals surface area contributed by atoms with Crippen molar-refractivity contribution in [1.29, 1.82) is 0 Å². The van der Waals surface area contributed by atoms with E-state index in [0.29, 0.717) is 24.4 Å². The standard InChI is InChI=1S/C29H29N3O3/c1-31-24-19-32(18-17-22(20-11-5-3-6-12-20)21-13-7-4-8-14-21)28(33)26(24)27(30-29(31)34)23-15-9-10-16-25(23)35-2/h3-16,22,27H,17-19H2,1-2H3,(H,30,34). The minimum Gasteiger partial charge on any atom is -0.496 e. The number of amides is 3. The molecule has 0 spiro atoms. The molecule has 0 saturated heterocycles. The van der Waals surface area contributed by atoms with Gasteiger partial charge in [0.25, 0.3) is 5.91 Å². The largest absolute Gasteiger partial charge is 0.496 e. The van der Waals surface area contributed by atoms with Gasteiger partial charge < -0.3 is 15.0 Å². The van der Waals surface area contributed by atoms with Gasteiger partial charge in [0, 0.05) is 25.1 Å². The number of carbonyl (C=O) groups excluding carboxylic acids is 2. The molecule has 35 heavy (non-hydrogen) atoms. The van der Waals surface area contributed by atoms with Gasteiger partial charge in [0.15, 0.2) is 0 Å². The van der Waals surface area contributed by atoms with Crippen LogP contribution in [0.4, 0.5) is 4.79 Å². The van der Waals surface area contributed by atoms with Crippen molar-refractivity contribution >= 4 is 11.9 Å². The Kier molecular flexibility index (Phi) is 6.27. The number of benzene rings is 3. The highest BCUT2D eigenvalue weighted by Gasteiger charge is 2.43. The lowest BCUT2D eigenvalue weighted by Crippen LogP contribution is -2.45. The lowest BCUT2D eigenvalue weighted by atomic mass is 9.88. The van der Waals surface area contributed by atoms with Crippen molar-refractivity contribution in [1.82, 2.24) is 15.1 Å². The van der Waals surface area contributed by atoms with Crippen LogP contribution in [0.3, 0.4) is 0 Å². The van der Waals surface area contributed by atoms with E-state index < -0.39 is 6.04 Å². The molecule has 178 valence electrons. The van der Waals surface area contributed by atoms with E-state index >= 15 is 0 Å². The zero-order valence-electron chi connectivity index (χ0n) is 20.0. The SMILES string of the molecule is COc1ccccc1C1NC(=O)N(C)C2=C1C(=O)N(CCC(c1ccccc1)c1ccccc1)C2. The van der Waals surface area contributed by atoms with Gasteiger partial charge >= 0.3 is 6.03 Å². The number of nitrogens with zero attached hydrogens (tertiary/aromatic N) is 2. The summed E-state index contributed by atoms with van der Waals surface area (Å²) >= 11 is 0. The summed E-state index contributed by atoms with van der Waals surface area (Å²) in [6, 6.07) is 27.6. The first-order valence-electron chi connectivity index (χ1n) is 11.9. The van der Waals surface area contributed by atoms with Crippen molar-refractivity contribution in [2.45, 2.75) is 18.4 Å². The van der Waals surface area contributed by atoms with Gasteiger partial charge in [-0.2, -0.15) is 0 Å². The first-order chi connectivity index (χ1) is 17.1. The summed E-state index contributed by atoms with van der Waals surface area (Å²) in [5.41, 5.74) is 4.61. The highest BCUT2D eigenvalue weighted by molar-refractivity contribution is 6.01. The van der Waals surface area contributed by atoms with Crippen molar-refractivity contribution in [2.75, 3.05) is 27.2 Å². The minimum atomic E-state index is -0.540. The van der Waals surface area contributed by atoms with Crippen LogP contribution in [0.5, 0.6) is 5.75 Å². The number of likely N-dealkylation sites (N-methyl/N-ethyl adjacent to an activating group) is 1. The Morgan fingerprint density at radius 1 is 0.914 bits per heavy atom. The van der Waals surface area contributed by atoms with Gasteiger partial charge in [-0.3, -0.25) is 9.69 Å². The fourth-order valence-electron chi connectivity index (χ4n) is 5.12. The van der Waals surface area contributed by atoms with Crippen LogP contribution in [-0.4, -0.2) is 49.0 Å². The third-order valence-corrected chi connectivity index (χ3v) is 6.98. The van der Waals surface area contributed by atoms with E-state index in [9.17, 15) is 9.59 Å². The predicted molar refractivity (Wildman–Crippen MR) is 135 cm³/mol. The van der Waals surface area contributed by atoms with E-state index in [-0.39, 0.29) is 17.9 Å². The summed E-state index contributed by atoms with van der Waals surface area (Å²) in [5, 5.41) is 3.00. The number of carbonyl (C=O) groups is 2. The molecule has 6 heteroatoms. The molecule has 0 bridgehead atoms. The van der Waals surface area contributed by atoms with Gasteiger partial charge in [0.2, 0.25) is 0 Å². The van der Waals surface area contributed by atoms with E-state index in [4.69, 9.17) is 4.74 Å². The smallest absolute Gasteiger partial charge is 0.322 e. The summed E-state index contributed by atoms with van der Waals surface area (Å²) in [6.45, 7) is 1.00. The molecular formula is C29H29N3O3. The number of hydrogen-bond acceptors (Lipinski definition) is 3. The fraction of sp³-hybridized carbons (Fsp3) is 0.241. The van der Waals surface area contributed by atoms with Crippen LogP contribution < -0.4 is 10.1 Å². The third-order valence-electron chi connectivity index (χ3n) is 6.98. The molecule has 3 aromatic carbocycles. The Balaban J connectivity index is 1.41. The van der Waals surface area contributed by atoms with E-state index in [1.54, 1.807) is 19.1 Å². The Morgan fingerprint density at radius 2 is 1.51 bits per heavy atom. The zero-order chi connectivity index (χ0) is 24.4. The van der Waals surface area contributed by atoms with Crippen LogP contribution in [0.25, 0.3) is 0 Å². The normalized spacial score (nSPS) is 17.6. The molecule has 2 aliphatic rings. The van der Waals surface area contributed by atoms with Crippen molar-refractivity contribution in [3.8, 4) is 5.75 Å². The summed E-state index contributed by atoms with van der Waals surface area (Å²) in [6.07, 6.45) is 0.782. The number of methoxy groups -OCH3 is 1. The molecule has 1 atom stereocenters. The minimum absolute atomic E-state index is 0.0392. The van der Waals surface area contributed by atoms with Crippen LogP contribution in [0, 0.1) is 0 Å². The molecular weight excluding hydrogens is 438 g/mol. The topological polar surface area (TPSA) is 61.9 Å². The molecule has 1 N–H and O–H groups in total. The van der Waals surface area contributed by atoms with Crippen LogP contribution in [-0.2, 0) is 4.79 Å². The summed E-state index contributed by atoms with van der Waals surface area (Å²) < 4.78 is 5.54. The van der Waals surface area contributed by atoms with Gasteiger partial charge in [0.05, 0.1) is 31.0 Å². The number of para-hydroxylation sites is 1. The fourth-order valence-corrected chi connectivity index (χ4v) is 5.12. The number of nitrogens with one attached hydrogen (secondary N) is 1. The van der Waals surface area contributed by atoms with Crippen LogP contribution >= 0.6 is 0 Å². The predicted octanol–water partition coefficient (Wildman–Crippen LogP) is 4.71. The van der Waals surface area contributed by atoms with E-state index in [1.807, 2.05) is 41.3 Å². The Bertz CT molecular complexity index is 1220. The molecule has 3 aromatic rings. The van der Waals surface area contributed by atoms with Gasteiger partial charge in [-0.05, 0) is 23.6 Å². The molecule has 2 aliphatic heterocycles. The maximum absolute atomic E-state index is 13.7. The van der Waals surface area contributed by atoms with Gasteiger partial charge in [0.1, 0.15) is 5.75 Å². The lowest BCUT2D eigenvalue weighted by molar-refractivity contribution is -0.125. The number of ether oxygens (including phenoxy) is 1. The van der Waals surface area contributed by atoms with Crippen LogP contribution in [0.2, 0.25) is 0 Å². The second-order valence-corrected chi connectivity index (χ2v) is 8.93. The maximum Gasteiger partial charge on any atom is 0.322 e. The molecule has 6 nitrogen and oxygen atoms in total. The van der Waals surface area contributed by atoms with Crippen molar-refractivity contribution < 1.29 is 14.3 Å². The number of rotatable bonds is 7. The van der Waals surface area contributed by atoms with Crippen molar-refractivity contribution in [3.05, 3.63) is 113 Å². The quantitative estimate of drug-likeness (QED) is 0.548. The van der Waals surface area contributed by atoms with Gasteiger partial charge in [-0.25, -0.2) is 4.79 Å². The Morgan fingerprint density at radius 3 is 2.14 bits per heavy atom. The third kappa shape index (κ3) is 4.28. The molecule has 2 heterocycles. The monoisotopic (exact) mass is 467 g/mol. The van der Waals surface area contributed by atoms with Crippen molar-refractivity contribution in [3.63, 3.8) is 0 Å². The van der Waals surface area contributed by atoms with Crippen LogP contribution in [0.15, 0.2) is 96.2 Å². The highest BCUT2D eigenvalue weighted by Crippen LogP contribution is 2.39. The Hall–Kier alpha value is -4.06. The average Bonchev–Trinajstić information content (AvgIpc) is 3.24. The second kappa shape index (κ2) is 9.66. The molecule has 1 unspecified atom stereocenters. The van der Waals surface area contributed by atoms with E-state index in [1.165, 1.54) is 11.1 Å². The molecule has 0 aromatic heterocycles. The number of urea groups is 1. The summed E-state index contributed by atoms with van der Waals surface area (Å²) in [4.78, 5) is 29.9. The second-order valence-electron chi connectivity index (χ2n) is 8.93.